The lowest BCUT2D eigenvalue weighted by Crippen LogP contribution is -2.38. The molecular weight excluding hydrogens is 340 g/mol. The van der Waals surface area contributed by atoms with E-state index in [1.165, 1.54) is 5.56 Å². The molecule has 0 aromatic heterocycles. The van der Waals surface area contributed by atoms with Gasteiger partial charge in [-0.2, -0.15) is 0 Å². The molecule has 3 rings (SSSR count). The molecule has 0 saturated heterocycles. The van der Waals surface area contributed by atoms with Gasteiger partial charge in [0.25, 0.3) is 0 Å². The van der Waals surface area contributed by atoms with E-state index in [0.29, 0.717) is 19.7 Å². The van der Waals surface area contributed by atoms with Crippen LogP contribution in [0.1, 0.15) is 36.8 Å². The van der Waals surface area contributed by atoms with E-state index in [-0.39, 0.29) is 30.6 Å². The van der Waals surface area contributed by atoms with Gasteiger partial charge in [0.15, 0.2) is 0 Å². The Bertz CT molecular complexity index is 804. The van der Waals surface area contributed by atoms with E-state index in [0.717, 1.165) is 17.0 Å². The molecule has 142 valence electrons. The van der Waals surface area contributed by atoms with Crippen molar-refractivity contribution in [1.82, 2.24) is 5.32 Å². The predicted octanol–water partition coefficient (Wildman–Crippen LogP) is 3.42. The largest absolute Gasteiger partial charge is 0.490 e. The standard InChI is InChI=1S/C22H26N2O3/c1-16-8-9-20-19(14-16)24(12-13-27-20)22(26)11-10-21(25)23-15-17(2)18-6-4-3-5-7-18/h3-9,14,17H,10-13,15H2,1-2H3,(H,23,25)/t17-/m1/s1. The van der Waals surface area contributed by atoms with Crippen molar-refractivity contribution in [1.29, 1.82) is 0 Å². The van der Waals surface area contributed by atoms with Crippen molar-refractivity contribution in [3.05, 3.63) is 59.7 Å². The molecule has 0 fully saturated rings. The Balaban J connectivity index is 1.50. The third-order valence-electron chi connectivity index (χ3n) is 4.82. The smallest absolute Gasteiger partial charge is 0.227 e. The number of anilines is 1. The van der Waals surface area contributed by atoms with Crippen LogP contribution >= 0.6 is 0 Å². The van der Waals surface area contributed by atoms with Crippen molar-refractivity contribution in [3.8, 4) is 5.75 Å². The Morgan fingerprint density at radius 3 is 2.70 bits per heavy atom. The number of rotatable bonds is 6. The number of carbonyl (C=O) groups excluding carboxylic acids is 2. The second-order valence-electron chi connectivity index (χ2n) is 6.98. The van der Waals surface area contributed by atoms with Crippen molar-refractivity contribution in [2.75, 3.05) is 24.6 Å². The van der Waals surface area contributed by atoms with E-state index in [1.807, 2.05) is 43.3 Å². The molecule has 0 saturated carbocycles. The fourth-order valence-electron chi connectivity index (χ4n) is 3.20. The van der Waals surface area contributed by atoms with Crippen LogP contribution in [0, 0.1) is 6.92 Å². The average Bonchev–Trinajstić information content (AvgIpc) is 2.70. The van der Waals surface area contributed by atoms with Gasteiger partial charge in [-0.25, -0.2) is 0 Å². The van der Waals surface area contributed by atoms with Crippen LogP contribution in [0.4, 0.5) is 5.69 Å². The Labute approximate surface area is 160 Å². The fraction of sp³-hybridized carbons (Fsp3) is 0.364. The highest BCUT2D eigenvalue weighted by Crippen LogP contribution is 2.32. The van der Waals surface area contributed by atoms with E-state index < -0.39 is 0 Å². The first-order chi connectivity index (χ1) is 13.0. The summed E-state index contributed by atoms with van der Waals surface area (Å²) in [6, 6.07) is 15.9. The van der Waals surface area contributed by atoms with Crippen molar-refractivity contribution >= 4 is 17.5 Å². The SMILES string of the molecule is Cc1ccc2c(c1)N(C(=O)CCC(=O)NC[C@@H](C)c1ccccc1)CCO2. The van der Waals surface area contributed by atoms with Gasteiger partial charge in [-0.1, -0.05) is 43.3 Å². The number of aryl methyl sites for hydroxylation is 1. The molecule has 1 aliphatic rings. The Kier molecular flexibility index (Phi) is 6.12. The second-order valence-corrected chi connectivity index (χ2v) is 6.98. The average molecular weight is 366 g/mol. The van der Waals surface area contributed by atoms with Crippen LogP contribution in [0.25, 0.3) is 0 Å². The Hall–Kier alpha value is -2.82. The molecule has 1 aliphatic heterocycles. The minimum absolute atomic E-state index is 0.0450. The zero-order valence-electron chi connectivity index (χ0n) is 15.9. The van der Waals surface area contributed by atoms with Crippen LogP contribution < -0.4 is 15.0 Å². The number of nitrogens with zero attached hydrogens (tertiary/aromatic N) is 1. The zero-order chi connectivity index (χ0) is 19.2. The highest BCUT2D eigenvalue weighted by molar-refractivity contribution is 5.97. The molecule has 2 amide bonds. The molecule has 0 unspecified atom stereocenters. The quantitative estimate of drug-likeness (QED) is 0.852. The highest BCUT2D eigenvalue weighted by Gasteiger charge is 2.24. The van der Waals surface area contributed by atoms with Crippen molar-refractivity contribution in [3.63, 3.8) is 0 Å². The summed E-state index contributed by atoms with van der Waals surface area (Å²) in [5, 5.41) is 2.93. The van der Waals surface area contributed by atoms with E-state index in [2.05, 4.69) is 24.4 Å². The fourth-order valence-corrected chi connectivity index (χ4v) is 3.20. The molecule has 5 nitrogen and oxygen atoms in total. The van der Waals surface area contributed by atoms with E-state index >= 15 is 0 Å². The molecule has 1 atom stereocenters. The minimum Gasteiger partial charge on any atom is -0.490 e. The molecule has 0 bridgehead atoms. The van der Waals surface area contributed by atoms with Crippen LogP contribution in [0.15, 0.2) is 48.5 Å². The summed E-state index contributed by atoms with van der Waals surface area (Å²) >= 11 is 0. The lowest BCUT2D eigenvalue weighted by molar-refractivity contribution is -0.125. The number of amides is 2. The van der Waals surface area contributed by atoms with Gasteiger partial charge in [0.1, 0.15) is 12.4 Å². The summed E-state index contributed by atoms with van der Waals surface area (Å²) < 4.78 is 5.62. The first-order valence-electron chi connectivity index (χ1n) is 9.40. The van der Waals surface area contributed by atoms with Gasteiger partial charge in [-0.15, -0.1) is 0 Å². The minimum atomic E-state index is -0.0937. The molecule has 1 heterocycles. The molecule has 1 N–H and O–H groups in total. The van der Waals surface area contributed by atoms with E-state index in [4.69, 9.17) is 4.74 Å². The monoisotopic (exact) mass is 366 g/mol. The summed E-state index contributed by atoms with van der Waals surface area (Å²) in [4.78, 5) is 26.5. The van der Waals surface area contributed by atoms with Crippen molar-refractivity contribution in [2.45, 2.75) is 32.6 Å². The normalized spacial score (nSPS) is 14.1. The van der Waals surface area contributed by atoms with Crippen LogP contribution in [0.3, 0.4) is 0 Å². The van der Waals surface area contributed by atoms with Crippen LogP contribution in [-0.2, 0) is 9.59 Å². The maximum atomic E-state index is 12.6. The van der Waals surface area contributed by atoms with Gasteiger partial charge in [-0.05, 0) is 36.1 Å². The third-order valence-corrected chi connectivity index (χ3v) is 4.82. The molecule has 2 aromatic carbocycles. The van der Waals surface area contributed by atoms with Gasteiger partial charge in [0.2, 0.25) is 11.8 Å². The molecule has 5 heteroatoms. The predicted molar refractivity (Wildman–Crippen MR) is 106 cm³/mol. The van der Waals surface area contributed by atoms with Crippen molar-refractivity contribution < 1.29 is 14.3 Å². The zero-order valence-corrected chi connectivity index (χ0v) is 15.9. The van der Waals surface area contributed by atoms with Gasteiger partial charge in [-0.3, -0.25) is 9.59 Å². The van der Waals surface area contributed by atoms with E-state index in [9.17, 15) is 9.59 Å². The summed E-state index contributed by atoms with van der Waals surface area (Å²) in [6.45, 7) is 5.62. The molecule has 0 aliphatic carbocycles. The number of nitrogens with one attached hydrogen (secondary N) is 1. The van der Waals surface area contributed by atoms with Crippen LogP contribution in [0.5, 0.6) is 5.75 Å². The van der Waals surface area contributed by atoms with Crippen LogP contribution in [-0.4, -0.2) is 31.5 Å². The number of carbonyl (C=O) groups is 2. The topological polar surface area (TPSA) is 58.6 Å². The van der Waals surface area contributed by atoms with Crippen LogP contribution in [0.2, 0.25) is 0 Å². The number of hydrogen-bond donors (Lipinski definition) is 1. The van der Waals surface area contributed by atoms with Gasteiger partial charge in [0, 0.05) is 19.4 Å². The third kappa shape index (κ3) is 4.88. The lowest BCUT2D eigenvalue weighted by atomic mass is 10.0. The summed E-state index contributed by atoms with van der Waals surface area (Å²) in [5.41, 5.74) is 3.06. The maximum Gasteiger partial charge on any atom is 0.227 e. The molecule has 0 radical (unpaired) electrons. The number of fused-ring (bicyclic) bond motifs is 1. The van der Waals surface area contributed by atoms with Gasteiger partial charge < -0.3 is 15.0 Å². The van der Waals surface area contributed by atoms with E-state index in [1.54, 1.807) is 4.90 Å². The van der Waals surface area contributed by atoms with Gasteiger partial charge in [0.05, 0.1) is 12.2 Å². The first kappa shape index (κ1) is 19.0. The summed E-state index contributed by atoms with van der Waals surface area (Å²) in [6.07, 6.45) is 0.387. The maximum absolute atomic E-state index is 12.6. The highest BCUT2D eigenvalue weighted by atomic mass is 16.5. The number of hydrogen-bond acceptors (Lipinski definition) is 3. The molecular formula is C22H26N2O3. The second kappa shape index (κ2) is 8.71. The molecule has 2 aromatic rings. The Morgan fingerprint density at radius 2 is 1.93 bits per heavy atom. The number of benzene rings is 2. The van der Waals surface area contributed by atoms with Crippen molar-refractivity contribution in [2.24, 2.45) is 0 Å². The number of ether oxygens (including phenoxy) is 1. The molecule has 0 spiro atoms. The lowest BCUT2D eigenvalue weighted by Gasteiger charge is -2.30. The summed E-state index contributed by atoms with van der Waals surface area (Å²) in [7, 11) is 0. The van der Waals surface area contributed by atoms with Gasteiger partial charge >= 0.3 is 0 Å². The Morgan fingerprint density at radius 1 is 1.15 bits per heavy atom. The summed E-state index contributed by atoms with van der Waals surface area (Å²) in [5.74, 6) is 0.821. The first-order valence-corrected chi connectivity index (χ1v) is 9.40. The molecule has 27 heavy (non-hydrogen) atoms.